The minimum atomic E-state index is -3.75. The molecule has 1 aliphatic carbocycles. The second-order valence-corrected chi connectivity index (χ2v) is 11.9. The second kappa shape index (κ2) is 11.5. The number of piperidine rings is 1. The summed E-state index contributed by atoms with van der Waals surface area (Å²) >= 11 is 0. The highest BCUT2D eigenvalue weighted by molar-refractivity contribution is 7.89. The zero-order chi connectivity index (χ0) is 25.6. The SMILES string of the molecule is CC(C)(C)OC(=O)CCC(=CF)COc1ccc(S(=O)(=O)N2CCC(C(=O)NC3CC3)CC2)cn1. The molecule has 11 heteroatoms. The van der Waals surface area contributed by atoms with Crippen molar-refractivity contribution >= 4 is 21.9 Å². The van der Waals surface area contributed by atoms with Crippen LogP contribution < -0.4 is 10.1 Å². The number of amides is 1. The third-order valence-electron chi connectivity index (χ3n) is 5.73. The maximum atomic E-state index is 13.2. The number of aromatic nitrogens is 1. The van der Waals surface area contributed by atoms with Crippen molar-refractivity contribution in [3.05, 3.63) is 30.2 Å². The Bertz CT molecular complexity index is 1020. The first kappa shape index (κ1) is 27.1. The first-order chi connectivity index (χ1) is 16.5. The number of carbonyl (C=O) groups excluding carboxylic acids is 2. The molecule has 2 heterocycles. The molecule has 1 saturated carbocycles. The van der Waals surface area contributed by atoms with Crippen LogP contribution in [0.5, 0.6) is 5.88 Å². The molecule has 0 radical (unpaired) electrons. The van der Waals surface area contributed by atoms with E-state index in [0.717, 1.165) is 12.8 Å². The van der Waals surface area contributed by atoms with E-state index in [9.17, 15) is 22.4 Å². The minimum absolute atomic E-state index is 0.0138. The maximum Gasteiger partial charge on any atom is 0.306 e. The summed E-state index contributed by atoms with van der Waals surface area (Å²) < 4.78 is 51.2. The average Bonchev–Trinajstić information content (AvgIpc) is 3.62. The van der Waals surface area contributed by atoms with Gasteiger partial charge >= 0.3 is 5.97 Å². The van der Waals surface area contributed by atoms with Crippen LogP contribution in [0.4, 0.5) is 4.39 Å². The molecule has 1 aromatic heterocycles. The first-order valence-corrected chi connectivity index (χ1v) is 13.3. The maximum absolute atomic E-state index is 13.2. The highest BCUT2D eigenvalue weighted by atomic mass is 32.2. The standard InChI is InChI=1S/C24H34FN3O6S/c1-24(2,3)34-22(29)9-4-17(14-25)16-33-21-8-7-20(15-26-21)35(31,32)28-12-10-18(11-13-28)23(30)27-19-5-6-19/h7-8,14-15,18-19H,4-6,9-13,16H2,1-3H3,(H,27,30). The van der Waals surface area contributed by atoms with E-state index < -0.39 is 21.6 Å². The number of rotatable bonds is 10. The third kappa shape index (κ3) is 8.28. The van der Waals surface area contributed by atoms with Crippen molar-refractivity contribution < 1.29 is 31.9 Å². The number of nitrogens with zero attached hydrogens (tertiary/aromatic N) is 2. The number of pyridine rings is 1. The monoisotopic (exact) mass is 511 g/mol. The van der Waals surface area contributed by atoms with Crippen molar-refractivity contribution in [3.63, 3.8) is 0 Å². The van der Waals surface area contributed by atoms with Crippen LogP contribution >= 0.6 is 0 Å². The lowest BCUT2D eigenvalue weighted by atomic mass is 9.97. The summed E-state index contributed by atoms with van der Waals surface area (Å²) in [6.07, 6.45) is 4.73. The van der Waals surface area contributed by atoms with Crippen molar-refractivity contribution in [2.24, 2.45) is 5.92 Å². The molecule has 0 bridgehead atoms. The van der Waals surface area contributed by atoms with Crippen LogP contribution in [0, 0.1) is 5.92 Å². The van der Waals surface area contributed by atoms with Gasteiger partial charge in [0, 0.05) is 37.5 Å². The van der Waals surface area contributed by atoms with E-state index in [1.165, 1.54) is 22.6 Å². The summed E-state index contributed by atoms with van der Waals surface area (Å²) in [5.74, 6) is -0.447. The Balaban J connectivity index is 1.47. The predicted octanol–water partition coefficient (Wildman–Crippen LogP) is 3.12. The first-order valence-electron chi connectivity index (χ1n) is 11.9. The number of halogens is 1. The van der Waals surface area contributed by atoms with Gasteiger partial charge in [-0.1, -0.05) is 0 Å². The fourth-order valence-electron chi connectivity index (χ4n) is 3.64. The second-order valence-electron chi connectivity index (χ2n) is 9.94. The average molecular weight is 512 g/mol. The molecular formula is C24H34FN3O6S. The normalized spacial score (nSPS) is 18.2. The molecular weight excluding hydrogens is 477 g/mol. The van der Waals surface area contributed by atoms with Gasteiger partial charge < -0.3 is 14.8 Å². The Morgan fingerprint density at radius 3 is 2.40 bits per heavy atom. The lowest BCUT2D eigenvalue weighted by Crippen LogP contribution is -2.43. The molecule has 9 nitrogen and oxygen atoms in total. The van der Waals surface area contributed by atoms with Gasteiger partial charge in [-0.05, 0) is 64.5 Å². The molecule has 2 aliphatic rings. The minimum Gasteiger partial charge on any atom is -0.473 e. The van der Waals surface area contributed by atoms with E-state index in [2.05, 4.69) is 10.3 Å². The fourth-order valence-corrected chi connectivity index (χ4v) is 5.05. The van der Waals surface area contributed by atoms with Gasteiger partial charge in [0.05, 0.1) is 12.5 Å². The fraction of sp³-hybridized carbons (Fsp3) is 0.625. The summed E-state index contributed by atoms with van der Waals surface area (Å²) in [5, 5.41) is 2.98. The van der Waals surface area contributed by atoms with Crippen molar-refractivity contribution in [2.45, 2.75) is 75.8 Å². The van der Waals surface area contributed by atoms with Gasteiger partial charge in [-0.25, -0.2) is 17.8 Å². The molecule has 0 spiro atoms. The predicted molar refractivity (Wildman–Crippen MR) is 127 cm³/mol. The molecule has 3 rings (SSSR count). The van der Waals surface area contributed by atoms with Gasteiger partial charge in [-0.3, -0.25) is 9.59 Å². The quantitative estimate of drug-likeness (QED) is 0.480. The zero-order valence-electron chi connectivity index (χ0n) is 20.5. The van der Waals surface area contributed by atoms with Crippen LogP contribution in [0.1, 0.15) is 59.3 Å². The van der Waals surface area contributed by atoms with Crippen LogP contribution in [-0.2, 0) is 24.3 Å². The summed E-state index contributed by atoms with van der Waals surface area (Å²) in [6.45, 7) is 5.68. The molecule has 1 aliphatic heterocycles. The van der Waals surface area contributed by atoms with Crippen LogP contribution in [0.15, 0.2) is 35.1 Å². The number of hydrogen-bond donors (Lipinski definition) is 1. The van der Waals surface area contributed by atoms with Crippen molar-refractivity contribution in [1.82, 2.24) is 14.6 Å². The largest absolute Gasteiger partial charge is 0.473 e. The molecule has 1 N–H and O–H groups in total. The Kier molecular flexibility index (Phi) is 8.87. The van der Waals surface area contributed by atoms with Crippen LogP contribution in [0.2, 0.25) is 0 Å². The van der Waals surface area contributed by atoms with Crippen LogP contribution in [-0.4, -0.2) is 60.9 Å². The summed E-state index contributed by atoms with van der Waals surface area (Å²) in [5.41, 5.74) is -0.359. The van der Waals surface area contributed by atoms with Crippen molar-refractivity contribution in [3.8, 4) is 5.88 Å². The Labute approximate surface area is 206 Å². The van der Waals surface area contributed by atoms with Crippen molar-refractivity contribution in [1.29, 1.82) is 0 Å². The van der Waals surface area contributed by atoms with Gasteiger partial charge in [0.25, 0.3) is 0 Å². The molecule has 1 saturated heterocycles. The molecule has 1 aromatic rings. The highest BCUT2D eigenvalue weighted by Crippen LogP contribution is 2.26. The van der Waals surface area contributed by atoms with E-state index in [1.807, 2.05) is 0 Å². The number of hydrogen-bond acceptors (Lipinski definition) is 7. The van der Waals surface area contributed by atoms with Gasteiger partial charge in [-0.2, -0.15) is 4.31 Å². The smallest absolute Gasteiger partial charge is 0.306 e. The van der Waals surface area contributed by atoms with Gasteiger partial charge in [0.15, 0.2) is 0 Å². The van der Waals surface area contributed by atoms with E-state index in [0.29, 0.717) is 19.2 Å². The van der Waals surface area contributed by atoms with Gasteiger partial charge in [0.2, 0.25) is 21.8 Å². The molecule has 0 atom stereocenters. The summed E-state index contributed by atoms with van der Waals surface area (Å²) in [6, 6.07) is 3.09. The molecule has 35 heavy (non-hydrogen) atoms. The highest BCUT2D eigenvalue weighted by Gasteiger charge is 2.34. The summed E-state index contributed by atoms with van der Waals surface area (Å²) in [7, 11) is -3.75. The van der Waals surface area contributed by atoms with Crippen LogP contribution in [0.3, 0.4) is 0 Å². The number of ether oxygens (including phenoxy) is 2. The lowest BCUT2D eigenvalue weighted by molar-refractivity contribution is -0.154. The van der Waals surface area contributed by atoms with Gasteiger partial charge in [0.1, 0.15) is 17.1 Å². The lowest BCUT2D eigenvalue weighted by Gasteiger charge is -2.30. The van der Waals surface area contributed by atoms with Crippen LogP contribution in [0.25, 0.3) is 0 Å². The molecule has 0 unspecified atom stereocenters. The van der Waals surface area contributed by atoms with Gasteiger partial charge in [-0.15, -0.1) is 0 Å². The zero-order valence-corrected chi connectivity index (χ0v) is 21.3. The molecule has 2 fully saturated rings. The van der Waals surface area contributed by atoms with E-state index >= 15 is 0 Å². The Morgan fingerprint density at radius 1 is 1.17 bits per heavy atom. The number of esters is 1. The van der Waals surface area contributed by atoms with E-state index in [4.69, 9.17) is 9.47 Å². The van der Waals surface area contributed by atoms with E-state index in [1.54, 1.807) is 20.8 Å². The Morgan fingerprint density at radius 2 is 1.86 bits per heavy atom. The molecule has 0 aromatic carbocycles. The Hall–Kier alpha value is -2.53. The summed E-state index contributed by atoms with van der Waals surface area (Å²) in [4.78, 5) is 28.1. The van der Waals surface area contributed by atoms with E-state index in [-0.39, 0.29) is 66.8 Å². The number of sulfonamides is 1. The number of carbonyl (C=O) groups is 2. The third-order valence-corrected chi connectivity index (χ3v) is 7.61. The molecule has 1 amide bonds. The molecule has 194 valence electrons. The number of nitrogens with one attached hydrogen (secondary N) is 1. The topological polar surface area (TPSA) is 115 Å². The van der Waals surface area contributed by atoms with Crippen molar-refractivity contribution in [2.75, 3.05) is 19.7 Å².